The second kappa shape index (κ2) is 15.0. The molecule has 3 fully saturated rings. The molecule has 3 amide bonds. The van der Waals surface area contributed by atoms with E-state index in [1.165, 1.54) is 4.90 Å². The van der Waals surface area contributed by atoms with E-state index in [1.807, 2.05) is 48.5 Å². The molecule has 2 N–H and O–H groups in total. The van der Waals surface area contributed by atoms with Gasteiger partial charge in [-0.2, -0.15) is 0 Å². The summed E-state index contributed by atoms with van der Waals surface area (Å²) in [4.78, 5) is 58.2. The highest BCUT2D eigenvalue weighted by Crippen LogP contribution is 2.61. The molecule has 250 valence electrons. The number of alkyl halides is 1. The van der Waals surface area contributed by atoms with Crippen molar-refractivity contribution in [2.45, 2.75) is 67.5 Å². The van der Waals surface area contributed by atoms with Crippen LogP contribution in [0, 0.1) is 11.8 Å². The van der Waals surface area contributed by atoms with Crippen molar-refractivity contribution in [2.24, 2.45) is 11.8 Å². The number of ether oxygens (including phenoxy) is 2. The van der Waals surface area contributed by atoms with Crippen LogP contribution in [0.1, 0.15) is 43.4 Å². The Bertz CT molecular complexity index is 1470. The fourth-order valence-corrected chi connectivity index (χ4v) is 8.19. The molecule has 11 heteroatoms. The van der Waals surface area contributed by atoms with E-state index in [0.29, 0.717) is 18.4 Å². The number of hydrogen-bond donors (Lipinski definition) is 2. The number of nitrogens with one attached hydrogen (secondary N) is 1. The highest BCUT2D eigenvalue weighted by molar-refractivity contribution is 9.09. The van der Waals surface area contributed by atoms with Gasteiger partial charge in [0.25, 0.3) is 0 Å². The van der Waals surface area contributed by atoms with Gasteiger partial charge in [-0.05, 0) is 30.9 Å². The molecule has 2 aromatic carbocycles. The molecule has 1 unspecified atom stereocenters. The van der Waals surface area contributed by atoms with E-state index >= 15 is 0 Å². The smallest absolute Gasteiger partial charge is 0.312 e. The third-order valence-electron chi connectivity index (χ3n) is 9.28. The maximum atomic E-state index is 14.8. The van der Waals surface area contributed by atoms with Crippen molar-refractivity contribution in [3.05, 3.63) is 97.1 Å². The summed E-state index contributed by atoms with van der Waals surface area (Å²) < 4.78 is 12.5. The van der Waals surface area contributed by atoms with Crippen LogP contribution in [0.2, 0.25) is 0 Å². The van der Waals surface area contributed by atoms with Gasteiger partial charge < -0.3 is 29.7 Å². The summed E-state index contributed by atoms with van der Waals surface area (Å²) in [7, 11) is 0. The van der Waals surface area contributed by atoms with Crippen LogP contribution in [0.25, 0.3) is 0 Å². The topological polar surface area (TPSA) is 125 Å². The Hall–Kier alpha value is -3.80. The second-order valence-corrected chi connectivity index (χ2v) is 13.6. The lowest BCUT2D eigenvalue weighted by Crippen LogP contribution is -2.57. The monoisotopic (exact) mass is 707 g/mol. The Morgan fingerprint density at radius 1 is 1.15 bits per heavy atom. The highest BCUT2D eigenvalue weighted by Gasteiger charge is 2.77. The molecule has 8 atom stereocenters. The van der Waals surface area contributed by atoms with Crippen LogP contribution in [0.4, 0.5) is 0 Å². The Balaban J connectivity index is 1.50. The first kappa shape index (κ1) is 34.5. The van der Waals surface area contributed by atoms with E-state index in [0.717, 1.165) is 5.56 Å². The lowest BCUT2D eigenvalue weighted by molar-refractivity contribution is -0.160. The molecule has 0 saturated carbocycles. The van der Waals surface area contributed by atoms with Gasteiger partial charge in [-0.1, -0.05) is 88.7 Å². The number of carbonyl (C=O) groups is 4. The first-order valence-electron chi connectivity index (χ1n) is 16.0. The SMILES string of the molecule is C=CCCC(=O)NC[C@H](C)OC(=O)[C@@H]1[C@H]2O[C@@]3(CC2Br)[C@H](C(=O)N(CC=C)Cc2ccccc2)N([C@H](CO)c2ccccc2)C(=O)[C@@H]13. The summed E-state index contributed by atoms with van der Waals surface area (Å²) in [6, 6.07) is 16.6. The number of allylic oxidation sites excluding steroid dienone is 1. The lowest BCUT2D eigenvalue weighted by atomic mass is 9.70. The predicted molar refractivity (Wildman–Crippen MR) is 179 cm³/mol. The van der Waals surface area contributed by atoms with Gasteiger partial charge in [0, 0.05) is 24.3 Å². The summed E-state index contributed by atoms with van der Waals surface area (Å²) in [5.74, 6) is -3.64. The Labute approximate surface area is 283 Å². The van der Waals surface area contributed by atoms with Gasteiger partial charge >= 0.3 is 5.97 Å². The Kier molecular flexibility index (Phi) is 11.0. The van der Waals surface area contributed by atoms with Gasteiger partial charge in [0.15, 0.2) is 0 Å². The van der Waals surface area contributed by atoms with Gasteiger partial charge in [0.05, 0.1) is 37.1 Å². The largest absolute Gasteiger partial charge is 0.460 e. The number of rotatable bonds is 15. The summed E-state index contributed by atoms with van der Waals surface area (Å²) in [6.07, 6.45) is 3.02. The normalized spacial score (nSPS) is 27.1. The van der Waals surface area contributed by atoms with Crippen molar-refractivity contribution in [1.82, 2.24) is 15.1 Å². The molecule has 0 radical (unpaired) electrons. The number of hydrogen-bond acceptors (Lipinski definition) is 7. The quantitative estimate of drug-likeness (QED) is 0.164. The third-order valence-corrected chi connectivity index (χ3v) is 10.1. The van der Waals surface area contributed by atoms with E-state index in [-0.39, 0.29) is 42.7 Å². The average Bonchev–Trinajstić information content (AvgIpc) is 3.67. The zero-order valence-electron chi connectivity index (χ0n) is 26.5. The standard InChI is InChI=1S/C36H42BrN3O7/c1-4-6-17-28(42)38-20-23(3)46-35(45)29-30-33(43)40(27(22-41)25-15-11-8-12-16-25)32(36(30)19-26(37)31(29)47-36)34(44)39(18-5-2)21-24-13-9-7-10-14-24/h4-5,7-16,23,26-27,29-32,41H,1-2,6,17-22H2,3H3,(H,38,42)/t23-,26?,27+,29-,30+,31-,32-,36+/m0/s1. The number of amides is 3. The lowest BCUT2D eigenvalue weighted by Gasteiger charge is -2.39. The van der Waals surface area contributed by atoms with Crippen molar-refractivity contribution < 1.29 is 33.8 Å². The minimum Gasteiger partial charge on any atom is -0.460 e. The molecule has 2 aromatic rings. The number of carbonyl (C=O) groups excluding carboxylic acids is 4. The van der Waals surface area contributed by atoms with Crippen LogP contribution < -0.4 is 5.32 Å². The number of halogens is 1. The summed E-state index contributed by atoms with van der Waals surface area (Å²) in [5.41, 5.74) is 0.203. The molecule has 5 rings (SSSR count). The third kappa shape index (κ3) is 6.79. The first-order chi connectivity index (χ1) is 22.7. The predicted octanol–water partition coefficient (Wildman–Crippen LogP) is 3.70. The van der Waals surface area contributed by atoms with Crippen LogP contribution in [-0.4, -0.2) is 87.0 Å². The molecule has 3 aliphatic heterocycles. The summed E-state index contributed by atoms with van der Waals surface area (Å²) in [5, 5.41) is 13.5. The van der Waals surface area contributed by atoms with Crippen LogP contribution in [-0.2, 0) is 35.2 Å². The Morgan fingerprint density at radius 3 is 2.47 bits per heavy atom. The number of benzene rings is 2. The van der Waals surface area contributed by atoms with E-state index < -0.39 is 60.2 Å². The zero-order valence-corrected chi connectivity index (χ0v) is 28.1. The number of nitrogens with zero attached hydrogens (tertiary/aromatic N) is 2. The Morgan fingerprint density at radius 2 is 1.83 bits per heavy atom. The van der Waals surface area contributed by atoms with Crippen molar-refractivity contribution in [3.8, 4) is 0 Å². The molecule has 10 nitrogen and oxygen atoms in total. The number of aliphatic hydroxyl groups excluding tert-OH is 1. The molecule has 0 aromatic heterocycles. The molecule has 3 saturated heterocycles. The van der Waals surface area contributed by atoms with E-state index in [9.17, 15) is 24.3 Å². The number of likely N-dealkylation sites (tertiary alicyclic amines) is 1. The van der Waals surface area contributed by atoms with E-state index in [4.69, 9.17) is 9.47 Å². The number of fused-ring (bicyclic) bond motifs is 1. The van der Waals surface area contributed by atoms with Crippen LogP contribution in [0.5, 0.6) is 0 Å². The van der Waals surface area contributed by atoms with Crippen LogP contribution in [0.15, 0.2) is 86.0 Å². The van der Waals surface area contributed by atoms with Crippen molar-refractivity contribution in [2.75, 3.05) is 19.7 Å². The van der Waals surface area contributed by atoms with E-state index in [1.54, 1.807) is 36.1 Å². The maximum Gasteiger partial charge on any atom is 0.312 e. The van der Waals surface area contributed by atoms with Gasteiger partial charge in [-0.25, -0.2) is 0 Å². The fraction of sp³-hybridized carbons (Fsp3) is 0.444. The minimum atomic E-state index is -1.35. The molecular formula is C36H42BrN3O7. The number of esters is 1. The second-order valence-electron chi connectivity index (χ2n) is 12.4. The number of aliphatic hydroxyl groups is 1. The highest BCUT2D eigenvalue weighted by atomic mass is 79.9. The average molecular weight is 709 g/mol. The molecule has 3 heterocycles. The van der Waals surface area contributed by atoms with Crippen molar-refractivity contribution >= 4 is 39.6 Å². The van der Waals surface area contributed by atoms with Gasteiger partial charge in [-0.15, -0.1) is 13.2 Å². The molecule has 3 aliphatic rings. The molecule has 1 spiro atoms. The van der Waals surface area contributed by atoms with Crippen LogP contribution >= 0.6 is 15.9 Å². The first-order valence-corrected chi connectivity index (χ1v) is 16.9. The minimum absolute atomic E-state index is 0.102. The summed E-state index contributed by atoms with van der Waals surface area (Å²) >= 11 is 3.69. The van der Waals surface area contributed by atoms with Crippen molar-refractivity contribution in [1.29, 1.82) is 0 Å². The van der Waals surface area contributed by atoms with Gasteiger partial charge in [0.1, 0.15) is 17.7 Å². The molecule has 0 aliphatic carbocycles. The molecule has 47 heavy (non-hydrogen) atoms. The van der Waals surface area contributed by atoms with Gasteiger partial charge in [0.2, 0.25) is 17.7 Å². The van der Waals surface area contributed by atoms with E-state index in [2.05, 4.69) is 34.4 Å². The van der Waals surface area contributed by atoms with Crippen LogP contribution in [0.3, 0.4) is 0 Å². The maximum absolute atomic E-state index is 14.8. The summed E-state index contributed by atoms with van der Waals surface area (Å²) in [6.45, 7) is 9.30. The van der Waals surface area contributed by atoms with Crippen molar-refractivity contribution in [3.63, 3.8) is 0 Å². The fourth-order valence-electron chi connectivity index (χ4n) is 7.24. The van der Waals surface area contributed by atoms with Gasteiger partial charge in [-0.3, -0.25) is 19.2 Å². The zero-order chi connectivity index (χ0) is 33.7. The molecule has 2 bridgehead atoms. The molecular weight excluding hydrogens is 666 g/mol.